The third-order valence-corrected chi connectivity index (χ3v) is 6.56. The molecule has 2 amide bonds. The molecule has 7 nitrogen and oxygen atoms in total. The predicted octanol–water partition coefficient (Wildman–Crippen LogP) is 4.15. The van der Waals surface area contributed by atoms with Crippen LogP contribution in [0.2, 0.25) is 0 Å². The largest absolute Gasteiger partial charge is 0.392 e. The van der Waals surface area contributed by atoms with Crippen molar-refractivity contribution in [2.75, 3.05) is 5.32 Å². The molecule has 2 aliphatic rings. The first-order valence-corrected chi connectivity index (χ1v) is 11.2. The summed E-state index contributed by atoms with van der Waals surface area (Å²) in [5, 5.41) is 17.4. The molecule has 1 aliphatic carbocycles. The molecule has 1 fully saturated rings. The number of benzene rings is 3. The van der Waals surface area contributed by atoms with Crippen LogP contribution in [0.1, 0.15) is 39.4 Å². The molecule has 1 saturated carbocycles. The van der Waals surface area contributed by atoms with Crippen LogP contribution in [0.4, 0.5) is 5.69 Å². The number of aromatic nitrogens is 1. The maximum atomic E-state index is 13.0. The SMILES string of the molecule is O=C1NN=Cc2c(-c3cccc(CO)c3)[nH]c3cc(NC(=O)[C@@H]4C[C@H]4c4ccccc4)cc1c23.[Ac]. The fourth-order valence-corrected chi connectivity index (χ4v) is 4.80. The standard InChI is InChI=1S/C27H22N4O3.Ac/c32-14-15-5-4-8-17(9-15)25-22-13-28-31-27(34)21-10-18(11-23(30-25)24(21)22)29-26(33)20-12-19(20)16-6-2-1-3-7-16;/h1-11,13,19-20,30,32H,12,14H2,(H,29,33)(H,31,34);/t19-,20+;/m0./s1. The molecule has 8 heteroatoms. The molecule has 3 aromatic carbocycles. The van der Waals surface area contributed by atoms with Gasteiger partial charge in [-0.1, -0.05) is 48.5 Å². The van der Waals surface area contributed by atoms with Gasteiger partial charge in [-0.25, -0.2) is 5.43 Å². The number of H-pyrrole nitrogens is 1. The van der Waals surface area contributed by atoms with E-state index in [1.807, 2.05) is 48.5 Å². The Bertz CT molecular complexity index is 1480. The average molecular weight is 677 g/mol. The van der Waals surface area contributed by atoms with E-state index in [0.717, 1.165) is 39.7 Å². The van der Waals surface area contributed by atoms with Crippen molar-refractivity contribution < 1.29 is 58.8 Å². The van der Waals surface area contributed by atoms with Gasteiger partial charge in [-0.2, -0.15) is 5.10 Å². The minimum atomic E-state index is -0.334. The van der Waals surface area contributed by atoms with Crippen molar-refractivity contribution >= 4 is 34.6 Å². The molecule has 0 saturated heterocycles. The smallest absolute Gasteiger partial charge is 0.272 e. The zero-order valence-electron chi connectivity index (χ0n) is 18.8. The zero-order valence-corrected chi connectivity index (χ0v) is 23.5. The molecule has 1 aliphatic heterocycles. The number of nitrogens with one attached hydrogen (secondary N) is 3. The molecule has 1 aromatic heterocycles. The molecule has 4 aromatic rings. The Morgan fingerprint density at radius 1 is 1.09 bits per heavy atom. The number of carbonyl (C=O) groups excluding carboxylic acids is 2. The summed E-state index contributed by atoms with van der Waals surface area (Å²) in [6.45, 7) is -0.0654. The van der Waals surface area contributed by atoms with Gasteiger partial charge < -0.3 is 15.4 Å². The molecule has 6 rings (SSSR count). The fourth-order valence-electron chi connectivity index (χ4n) is 4.80. The van der Waals surface area contributed by atoms with E-state index in [0.29, 0.717) is 11.3 Å². The minimum Gasteiger partial charge on any atom is -0.392 e. The molecular formula is C27H22AcN4O3. The number of carbonyl (C=O) groups is 2. The Balaban J connectivity index is 0.00000253. The third kappa shape index (κ3) is 4.47. The van der Waals surface area contributed by atoms with E-state index in [-0.39, 0.29) is 74.3 Å². The van der Waals surface area contributed by atoms with Crippen LogP contribution in [0.5, 0.6) is 0 Å². The van der Waals surface area contributed by atoms with E-state index in [9.17, 15) is 14.7 Å². The molecule has 0 spiro atoms. The van der Waals surface area contributed by atoms with E-state index in [1.165, 1.54) is 5.56 Å². The van der Waals surface area contributed by atoms with Gasteiger partial charge in [0.25, 0.3) is 5.91 Å². The van der Waals surface area contributed by atoms with Crippen molar-refractivity contribution in [3.63, 3.8) is 0 Å². The van der Waals surface area contributed by atoms with Crippen LogP contribution in [0, 0.1) is 50.0 Å². The predicted molar refractivity (Wildman–Crippen MR) is 131 cm³/mol. The molecule has 0 unspecified atom stereocenters. The summed E-state index contributed by atoms with van der Waals surface area (Å²) >= 11 is 0. The summed E-state index contributed by atoms with van der Waals surface area (Å²) < 4.78 is 0. The molecular weight excluding hydrogens is 655 g/mol. The number of aliphatic hydroxyl groups is 1. The van der Waals surface area contributed by atoms with Crippen LogP contribution in [-0.2, 0) is 11.4 Å². The molecule has 1 radical (unpaired) electrons. The maximum absolute atomic E-state index is 13.0. The first-order chi connectivity index (χ1) is 16.6. The number of rotatable bonds is 5. The van der Waals surface area contributed by atoms with Crippen molar-refractivity contribution in [1.82, 2.24) is 10.4 Å². The second-order valence-electron chi connectivity index (χ2n) is 8.77. The second-order valence-corrected chi connectivity index (χ2v) is 8.77. The molecule has 171 valence electrons. The van der Waals surface area contributed by atoms with Crippen LogP contribution in [0.3, 0.4) is 0 Å². The second kappa shape index (κ2) is 9.69. The number of aromatic amines is 1. The normalized spacial score (nSPS) is 17.9. The van der Waals surface area contributed by atoms with Crippen LogP contribution < -0.4 is 10.7 Å². The molecule has 0 bridgehead atoms. The minimum absolute atomic E-state index is 0. The third-order valence-electron chi connectivity index (χ3n) is 6.56. The molecule has 35 heavy (non-hydrogen) atoms. The van der Waals surface area contributed by atoms with E-state index in [1.54, 1.807) is 12.3 Å². The van der Waals surface area contributed by atoms with Gasteiger partial charge in [-0.15, -0.1) is 0 Å². The number of hydrogen-bond donors (Lipinski definition) is 4. The Morgan fingerprint density at radius 2 is 1.91 bits per heavy atom. The molecule has 4 N–H and O–H groups in total. The van der Waals surface area contributed by atoms with Crippen molar-refractivity contribution in [2.24, 2.45) is 11.0 Å². The van der Waals surface area contributed by atoms with E-state index >= 15 is 0 Å². The van der Waals surface area contributed by atoms with Crippen LogP contribution in [0.25, 0.3) is 22.2 Å². The summed E-state index contributed by atoms with van der Waals surface area (Å²) in [5.41, 5.74) is 8.68. The topological polar surface area (TPSA) is 107 Å². The van der Waals surface area contributed by atoms with Gasteiger partial charge >= 0.3 is 0 Å². The van der Waals surface area contributed by atoms with E-state index in [2.05, 4.69) is 33.0 Å². The summed E-state index contributed by atoms with van der Waals surface area (Å²) in [4.78, 5) is 29.1. The van der Waals surface area contributed by atoms with Crippen molar-refractivity contribution in [1.29, 1.82) is 0 Å². The summed E-state index contributed by atoms with van der Waals surface area (Å²) in [7, 11) is 0. The summed E-state index contributed by atoms with van der Waals surface area (Å²) in [6, 6.07) is 21.2. The van der Waals surface area contributed by atoms with Crippen molar-refractivity contribution in [2.45, 2.75) is 18.9 Å². The van der Waals surface area contributed by atoms with Crippen molar-refractivity contribution in [3.05, 3.63) is 89.0 Å². The Morgan fingerprint density at radius 3 is 2.71 bits per heavy atom. The van der Waals surface area contributed by atoms with E-state index in [4.69, 9.17) is 0 Å². The summed E-state index contributed by atoms with van der Waals surface area (Å²) in [6.07, 6.45) is 2.44. The number of amides is 2. The zero-order chi connectivity index (χ0) is 23.2. The average Bonchev–Trinajstić information content (AvgIpc) is 3.62. The number of aliphatic hydroxyl groups excluding tert-OH is 1. The number of hydrogen-bond acceptors (Lipinski definition) is 4. The van der Waals surface area contributed by atoms with Crippen LogP contribution in [-0.4, -0.2) is 28.1 Å². The van der Waals surface area contributed by atoms with Crippen molar-refractivity contribution in [3.8, 4) is 11.3 Å². The fraction of sp³-hybridized carbons (Fsp3) is 0.148. The summed E-state index contributed by atoms with van der Waals surface area (Å²) in [5.74, 6) is -0.233. The van der Waals surface area contributed by atoms with Gasteiger partial charge in [0.2, 0.25) is 5.91 Å². The first-order valence-electron chi connectivity index (χ1n) is 11.2. The van der Waals surface area contributed by atoms with Gasteiger partial charge in [0.05, 0.1) is 24.1 Å². The number of hydrazone groups is 1. The first kappa shape index (κ1) is 23.9. The Kier molecular flexibility index (Phi) is 6.63. The Labute approximate surface area is 237 Å². The van der Waals surface area contributed by atoms with Crippen LogP contribution >= 0.6 is 0 Å². The number of nitrogens with zero attached hydrogens (tertiary/aromatic N) is 1. The van der Waals surface area contributed by atoms with Gasteiger partial charge in [-0.05, 0) is 47.2 Å². The monoisotopic (exact) mass is 677 g/mol. The molecule has 2 heterocycles. The van der Waals surface area contributed by atoms with Gasteiger partial charge in [0, 0.05) is 72.1 Å². The van der Waals surface area contributed by atoms with E-state index < -0.39 is 0 Å². The van der Waals surface area contributed by atoms with Gasteiger partial charge in [0.1, 0.15) is 0 Å². The quantitative estimate of drug-likeness (QED) is 0.255. The maximum Gasteiger partial charge on any atom is 0.272 e. The molecule has 2 atom stereocenters. The Hall–Kier alpha value is -2.79. The van der Waals surface area contributed by atoms with Crippen LogP contribution in [0.15, 0.2) is 71.8 Å². The van der Waals surface area contributed by atoms with Gasteiger partial charge in [0.15, 0.2) is 0 Å². The number of anilines is 1. The van der Waals surface area contributed by atoms with Gasteiger partial charge in [-0.3, -0.25) is 9.59 Å².